The van der Waals surface area contributed by atoms with Crippen LogP contribution in [0.25, 0.3) is 0 Å². The Balaban J connectivity index is 2.43. The van der Waals surface area contributed by atoms with Crippen molar-refractivity contribution >= 4 is 0 Å². The topological polar surface area (TPSA) is 32.3 Å². The molecule has 1 atom stereocenters. The van der Waals surface area contributed by atoms with Crippen molar-refractivity contribution in [3.05, 3.63) is 35.9 Å². The molecular weight excluding hydrogens is 210 g/mol. The fourth-order valence-corrected chi connectivity index (χ4v) is 1.87. The van der Waals surface area contributed by atoms with E-state index in [1.54, 1.807) is 0 Å². The molecule has 0 spiro atoms. The Morgan fingerprint density at radius 1 is 1.24 bits per heavy atom. The number of hydrogen-bond donors (Lipinski definition) is 2. The summed E-state index contributed by atoms with van der Waals surface area (Å²) in [7, 11) is 0. The molecule has 0 bridgehead atoms. The van der Waals surface area contributed by atoms with Gasteiger partial charge in [-0.05, 0) is 17.4 Å². The van der Waals surface area contributed by atoms with Gasteiger partial charge in [-0.25, -0.2) is 0 Å². The van der Waals surface area contributed by atoms with Crippen LogP contribution in [0, 0.1) is 5.41 Å². The lowest BCUT2D eigenvalue weighted by Crippen LogP contribution is -2.36. The molecule has 0 saturated carbocycles. The molecule has 1 aromatic rings. The van der Waals surface area contributed by atoms with Crippen molar-refractivity contribution in [1.29, 1.82) is 0 Å². The summed E-state index contributed by atoms with van der Waals surface area (Å²) in [5.41, 5.74) is 1.55. The van der Waals surface area contributed by atoms with E-state index >= 15 is 0 Å². The number of hydrogen-bond acceptors (Lipinski definition) is 2. The Bertz CT molecular complexity index is 308. The summed E-state index contributed by atoms with van der Waals surface area (Å²) in [6.07, 6.45) is 2.14. The second-order valence-corrected chi connectivity index (χ2v) is 5.47. The minimum atomic E-state index is 0.185. The lowest BCUT2D eigenvalue weighted by Gasteiger charge is -2.28. The third kappa shape index (κ3) is 5.33. The van der Waals surface area contributed by atoms with E-state index in [2.05, 4.69) is 38.2 Å². The Hall–Kier alpha value is -0.860. The number of aliphatic hydroxyl groups excluding tert-OH is 1. The number of rotatable bonds is 7. The molecule has 2 N–H and O–H groups in total. The van der Waals surface area contributed by atoms with Crippen LogP contribution in [0.5, 0.6) is 0 Å². The molecular formula is C15H25NO. The third-order valence-electron chi connectivity index (χ3n) is 3.41. The molecule has 1 unspecified atom stereocenters. The molecule has 2 heteroatoms. The van der Waals surface area contributed by atoms with E-state index in [9.17, 15) is 5.11 Å². The van der Waals surface area contributed by atoms with Gasteiger partial charge >= 0.3 is 0 Å². The van der Waals surface area contributed by atoms with Gasteiger partial charge in [0.1, 0.15) is 0 Å². The highest BCUT2D eigenvalue weighted by molar-refractivity contribution is 5.14. The Morgan fingerprint density at radius 3 is 2.41 bits per heavy atom. The second-order valence-electron chi connectivity index (χ2n) is 5.47. The first-order valence-electron chi connectivity index (χ1n) is 6.45. The highest BCUT2D eigenvalue weighted by Gasteiger charge is 2.20. The molecule has 0 aliphatic heterocycles. The SMILES string of the molecule is CCC(C)(C)CC(CO)NCc1ccccc1. The summed E-state index contributed by atoms with van der Waals surface area (Å²) in [5.74, 6) is 0. The highest BCUT2D eigenvalue weighted by atomic mass is 16.3. The maximum atomic E-state index is 9.40. The number of aliphatic hydroxyl groups is 1. The van der Waals surface area contributed by atoms with Gasteiger partial charge in [0.2, 0.25) is 0 Å². The zero-order chi connectivity index (χ0) is 12.7. The molecule has 0 saturated heterocycles. The maximum Gasteiger partial charge on any atom is 0.0584 e. The van der Waals surface area contributed by atoms with Crippen molar-refractivity contribution in [2.75, 3.05) is 6.61 Å². The zero-order valence-electron chi connectivity index (χ0n) is 11.2. The molecule has 0 amide bonds. The standard InChI is InChI=1S/C15H25NO/c1-4-15(2,3)10-14(12-17)16-11-13-8-6-5-7-9-13/h5-9,14,16-17H,4,10-12H2,1-3H3. The van der Waals surface area contributed by atoms with Gasteiger partial charge in [-0.2, -0.15) is 0 Å². The molecule has 1 aromatic carbocycles. The first-order chi connectivity index (χ1) is 8.07. The van der Waals surface area contributed by atoms with Gasteiger partial charge < -0.3 is 10.4 Å². The summed E-state index contributed by atoms with van der Waals surface area (Å²) in [4.78, 5) is 0. The largest absolute Gasteiger partial charge is 0.395 e. The molecule has 0 aliphatic carbocycles. The van der Waals surface area contributed by atoms with E-state index in [1.807, 2.05) is 18.2 Å². The maximum absolute atomic E-state index is 9.40. The van der Waals surface area contributed by atoms with Crippen LogP contribution in [0.15, 0.2) is 30.3 Å². The Kier molecular flexibility index (Phi) is 5.66. The predicted octanol–water partition coefficient (Wildman–Crippen LogP) is 2.96. The molecule has 2 nitrogen and oxygen atoms in total. The molecule has 0 fully saturated rings. The minimum absolute atomic E-state index is 0.185. The van der Waals surface area contributed by atoms with E-state index < -0.39 is 0 Å². The summed E-state index contributed by atoms with van der Waals surface area (Å²) >= 11 is 0. The van der Waals surface area contributed by atoms with E-state index in [-0.39, 0.29) is 18.1 Å². The van der Waals surface area contributed by atoms with E-state index in [0.717, 1.165) is 19.4 Å². The molecule has 0 aliphatic rings. The van der Waals surface area contributed by atoms with Gasteiger partial charge in [-0.3, -0.25) is 0 Å². The third-order valence-corrected chi connectivity index (χ3v) is 3.41. The lowest BCUT2D eigenvalue weighted by molar-refractivity contribution is 0.186. The average molecular weight is 235 g/mol. The van der Waals surface area contributed by atoms with Crippen LogP contribution >= 0.6 is 0 Å². The predicted molar refractivity (Wildman–Crippen MR) is 72.8 cm³/mol. The summed E-state index contributed by atoms with van der Waals surface area (Å²) in [6.45, 7) is 7.73. The molecule has 0 radical (unpaired) electrons. The van der Waals surface area contributed by atoms with Gasteiger partial charge in [0.15, 0.2) is 0 Å². The van der Waals surface area contributed by atoms with Gasteiger partial charge in [-0.1, -0.05) is 57.5 Å². The van der Waals surface area contributed by atoms with Crippen LogP contribution < -0.4 is 5.32 Å². The molecule has 96 valence electrons. The van der Waals surface area contributed by atoms with Crippen LogP contribution in [-0.4, -0.2) is 17.8 Å². The first-order valence-corrected chi connectivity index (χ1v) is 6.45. The molecule has 17 heavy (non-hydrogen) atoms. The van der Waals surface area contributed by atoms with E-state index in [4.69, 9.17) is 0 Å². The van der Waals surface area contributed by atoms with Crippen LogP contribution in [0.3, 0.4) is 0 Å². The number of benzene rings is 1. The van der Waals surface area contributed by atoms with Gasteiger partial charge in [0.05, 0.1) is 6.61 Å². The highest BCUT2D eigenvalue weighted by Crippen LogP contribution is 2.26. The van der Waals surface area contributed by atoms with Gasteiger partial charge in [0.25, 0.3) is 0 Å². The fourth-order valence-electron chi connectivity index (χ4n) is 1.87. The zero-order valence-corrected chi connectivity index (χ0v) is 11.2. The van der Waals surface area contributed by atoms with E-state index in [1.165, 1.54) is 5.56 Å². The monoisotopic (exact) mass is 235 g/mol. The minimum Gasteiger partial charge on any atom is -0.395 e. The van der Waals surface area contributed by atoms with Crippen LogP contribution in [-0.2, 0) is 6.54 Å². The molecule has 1 rings (SSSR count). The average Bonchev–Trinajstić information content (AvgIpc) is 2.35. The van der Waals surface area contributed by atoms with Crippen molar-refractivity contribution in [3.8, 4) is 0 Å². The normalized spacial score (nSPS) is 13.6. The van der Waals surface area contributed by atoms with Gasteiger partial charge in [-0.15, -0.1) is 0 Å². The fraction of sp³-hybridized carbons (Fsp3) is 0.600. The second kappa shape index (κ2) is 6.77. The molecule has 0 aromatic heterocycles. The Labute approximate surface area is 105 Å². The van der Waals surface area contributed by atoms with Crippen LogP contribution in [0.4, 0.5) is 0 Å². The first kappa shape index (κ1) is 14.2. The van der Waals surface area contributed by atoms with Crippen molar-refractivity contribution in [2.24, 2.45) is 5.41 Å². The van der Waals surface area contributed by atoms with Crippen molar-refractivity contribution in [3.63, 3.8) is 0 Å². The van der Waals surface area contributed by atoms with Crippen molar-refractivity contribution < 1.29 is 5.11 Å². The van der Waals surface area contributed by atoms with Crippen LogP contribution in [0.1, 0.15) is 39.2 Å². The summed E-state index contributed by atoms with van der Waals surface area (Å²) in [6, 6.07) is 10.5. The van der Waals surface area contributed by atoms with Gasteiger partial charge in [0, 0.05) is 12.6 Å². The van der Waals surface area contributed by atoms with E-state index in [0.29, 0.717) is 0 Å². The number of nitrogens with one attached hydrogen (secondary N) is 1. The molecule has 0 heterocycles. The van der Waals surface area contributed by atoms with Crippen LogP contribution in [0.2, 0.25) is 0 Å². The van der Waals surface area contributed by atoms with Crippen molar-refractivity contribution in [1.82, 2.24) is 5.32 Å². The summed E-state index contributed by atoms with van der Waals surface area (Å²) < 4.78 is 0. The summed E-state index contributed by atoms with van der Waals surface area (Å²) in [5, 5.41) is 12.8. The lowest BCUT2D eigenvalue weighted by atomic mass is 9.83. The smallest absolute Gasteiger partial charge is 0.0584 e. The van der Waals surface area contributed by atoms with Crippen molar-refractivity contribution in [2.45, 2.75) is 46.2 Å². The quantitative estimate of drug-likeness (QED) is 0.761. The Morgan fingerprint density at radius 2 is 1.88 bits per heavy atom.